The molecular weight excluding hydrogens is 306 g/mol. The molecule has 23 heavy (non-hydrogen) atoms. The Morgan fingerprint density at radius 1 is 1.39 bits per heavy atom. The summed E-state index contributed by atoms with van der Waals surface area (Å²) in [5.41, 5.74) is 3.23. The number of likely N-dealkylation sites (tertiary alicyclic amines) is 1. The van der Waals surface area contributed by atoms with Crippen LogP contribution in [-0.4, -0.2) is 42.0 Å². The Morgan fingerprint density at radius 3 is 2.87 bits per heavy atom. The number of carbonyl (C=O) groups excluding carboxylic acids is 1. The minimum Gasteiger partial charge on any atom is -0.342 e. The molecule has 1 aliphatic heterocycles. The lowest BCUT2D eigenvalue weighted by molar-refractivity contribution is -0.131. The van der Waals surface area contributed by atoms with Crippen LogP contribution in [-0.2, 0) is 11.2 Å². The van der Waals surface area contributed by atoms with Crippen molar-refractivity contribution in [1.29, 1.82) is 0 Å². The zero-order valence-electron chi connectivity index (χ0n) is 13.7. The van der Waals surface area contributed by atoms with E-state index in [1.807, 2.05) is 23.4 Å². The molecular formula is C18H23N3OS. The molecule has 1 fully saturated rings. The molecule has 2 heterocycles. The van der Waals surface area contributed by atoms with Gasteiger partial charge in [0.25, 0.3) is 0 Å². The van der Waals surface area contributed by atoms with Gasteiger partial charge in [-0.25, -0.2) is 4.98 Å². The maximum absolute atomic E-state index is 12.4. The minimum absolute atomic E-state index is 0.195. The minimum atomic E-state index is 0.195. The summed E-state index contributed by atoms with van der Waals surface area (Å²) in [4.78, 5) is 19.1. The molecule has 1 N–H and O–H groups in total. The first kappa shape index (κ1) is 16.1. The topological polar surface area (TPSA) is 45.2 Å². The molecule has 3 rings (SSSR count). The van der Waals surface area contributed by atoms with Crippen molar-refractivity contribution >= 4 is 17.2 Å². The van der Waals surface area contributed by atoms with Crippen LogP contribution < -0.4 is 5.32 Å². The van der Waals surface area contributed by atoms with E-state index in [2.05, 4.69) is 35.4 Å². The molecule has 1 aliphatic rings. The van der Waals surface area contributed by atoms with Crippen molar-refractivity contribution in [3.8, 4) is 10.6 Å². The Kier molecular flexibility index (Phi) is 5.08. The molecule has 0 atom stereocenters. The van der Waals surface area contributed by atoms with Gasteiger partial charge in [0.15, 0.2) is 0 Å². The summed E-state index contributed by atoms with van der Waals surface area (Å²) in [5.74, 6) is 0.195. The van der Waals surface area contributed by atoms with Crippen molar-refractivity contribution < 1.29 is 4.79 Å². The highest BCUT2D eigenvalue weighted by molar-refractivity contribution is 7.13. The molecule has 5 heteroatoms. The largest absolute Gasteiger partial charge is 0.342 e. The van der Waals surface area contributed by atoms with Crippen LogP contribution in [0, 0.1) is 6.92 Å². The second-order valence-electron chi connectivity index (χ2n) is 6.13. The van der Waals surface area contributed by atoms with Crippen LogP contribution in [0.15, 0.2) is 29.6 Å². The fraction of sp³-hybridized carbons (Fsp3) is 0.444. The molecule has 1 saturated heterocycles. The molecule has 0 spiro atoms. The number of hydrogen-bond acceptors (Lipinski definition) is 4. The van der Waals surface area contributed by atoms with Crippen LogP contribution in [0.25, 0.3) is 10.6 Å². The first-order chi connectivity index (χ1) is 11.2. The Hall–Kier alpha value is -1.72. The van der Waals surface area contributed by atoms with Crippen molar-refractivity contribution in [1.82, 2.24) is 15.2 Å². The molecule has 0 unspecified atom stereocenters. The van der Waals surface area contributed by atoms with Gasteiger partial charge in [0.1, 0.15) is 5.01 Å². The fourth-order valence-electron chi connectivity index (χ4n) is 2.98. The van der Waals surface area contributed by atoms with Gasteiger partial charge >= 0.3 is 0 Å². The average Bonchev–Trinajstić information content (AvgIpc) is 3.03. The predicted octanol–water partition coefficient (Wildman–Crippen LogP) is 2.87. The number of carbonyl (C=O) groups is 1. The van der Waals surface area contributed by atoms with E-state index in [1.54, 1.807) is 11.3 Å². The van der Waals surface area contributed by atoms with Crippen molar-refractivity contribution in [3.05, 3.63) is 40.9 Å². The number of aryl methyl sites for hydroxylation is 1. The first-order valence-corrected chi connectivity index (χ1v) is 9.00. The van der Waals surface area contributed by atoms with Gasteiger partial charge in [-0.15, -0.1) is 11.3 Å². The summed E-state index contributed by atoms with van der Waals surface area (Å²) in [6.45, 7) is 3.77. The zero-order chi connectivity index (χ0) is 16.2. The van der Waals surface area contributed by atoms with Crippen LogP contribution in [0.2, 0.25) is 0 Å². The van der Waals surface area contributed by atoms with E-state index in [-0.39, 0.29) is 5.91 Å². The average molecular weight is 329 g/mol. The van der Waals surface area contributed by atoms with Crippen molar-refractivity contribution in [2.24, 2.45) is 0 Å². The number of thiazole rings is 1. The lowest BCUT2D eigenvalue weighted by Crippen LogP contribution is -2.44. The third kappa shape index (κ3) is 3.98. The van der Waals surface area contributed by atoms with Gasteiger partial charge in [0.05, 0.1) is 12.1 Å². The van der Waals surface area contributed by atoms with Crippen LogP contribution in [0.3, 0.4) is 0 Å². The number of amides is 1. The number of piperidine rings is 1. The van der Waals surface area contributed by atoms with E-state index in [4.69, 9.17) is 0 Å². The Bertz CT molecular complexity index is 674. The second-order valence-corrected chi connectivity index (χ2v) is 6.99. The summed E-state index contributed by atoms with van der Waals surface area (Å²) in [7, 11) is 1.99. The maximum atomic E-state index is 12.4. The van der Waals surface area contributed by atoms with E-state index in [0.29, 0.717) is 12.5 Å². The molecule has 1 aromatic carbocycles. The Balaban J connectivity index is 1.62. The summed E-state index contributed by atoms with van der Waals surface area (Å²) in [5, 5.41) is 6.29. The molecule has 2 aromatic rings. The van der Waals surface area contributed by atoms with Gasteiger partial charge in [-0.1, -0.05) is 23.8 Å². The fourth-order valence-corrected chi connectivity index (χ4v) is 3.80. The predicted molar refractivity (Wildman–Crippen MR) is 94.7 cm³/mol. The standard InChI is InChI=1S/C18H23N3OS/c1-13-4-3-5-14(10-13)18-20-16(12-23-18)11-17(22)21-8-6-15(19-2)7-9-21/h3-5,10,12,15,19H,6-9,11H2,1-2H3. The smallest absolute Gasteiger partial charge is 0.228 e. The van der Waals surface area contributed by atoms with E-state index >= 15 is 0 Å². The van der Waals surface area contributed by atoms with Crippen LogP contribution in [0.4, 0.5) is 0 Å². The highest BCUT2D eigenvalue weighted by atomic mass is 32.1. The van der Waals surface area contributed by atoms with Crippen LogP contribution in [0.5, 0.6) is 0 Å². The van der Waals surface area contributed by atoms with E-state index in [1.165, 1.54) is 5.56 Å². The van der Waals surface area contributed by atoms with Gasteiger partial charge in [0, 0.05) is 30.1 Å². The van der Waals surface area contributed by atoms with Gasteiger partial charge in [0.2, 0.25) is 5.91 Å². The number of hydrogen-bond donors (Lipinski definition) is 1. The summed E-state index contributed by atoms with van der Waals surface area (Å²) in [6.07, 6.45) is 2.48. The molecule has 122 valence electrons. The van der Waals surface area contributed by atoms with Crippen molar-refractivity contribution in [2.75, 3.05) is 20.1 Å². The van der Waals surface area contributed by atoms with Crippen LogP contribution in [0.1, 0.15) is 24.1 Å². The lowest BCUT2D eigenvalue weighted by atomic mass is 10.0. The van der Waals surface area contributed by atoms with Gasteiger partial charge < -0.3 is 10.2 Å². The van der Waals surface area contributed by atoms with Crippen LogP contribution >= 0.6 is 11.3 Å². The third-order valence-electron chi connectivity index (χ3n) is 4.41. The molecule has 0 bridgehead atoms. The summed E-state index contributed by atoms with van der Waals surface area (Å²) in [6, 6.07) is 8.87. The van der Waals surface area contributed by atoms with Crippen molar-refractivity contribution in [3.63, 3.8) is 0 Å². The highest BCUT2D eigenvalue weighted by Crippen LogP contribution is 2.25. The molecule has 1 amide bonds. The number of nitrogens with zero attached hydrogens (tertiary/aromatic N) is 2. The molecule has 4 nitrogen and oxygen atoms in total. The molecule has 0 radical (unpaired) electrons. The summed E-state index contributed by atoms with van der Waals surface area (Å²) >= 11 is 1.61. The number of rotatable bonds is 4. The monoisotopic (exact) mass is 329 g/mol. The van der Waals surface area contributed by atoms with Gasteiger partial charge in [-0.3, -0.25) is 4.79 Å². The van der Waals surface area contributed by atoms with E-state index in [0.717, 1.165) is 42.2 Å². The number of benzene rings is 1. The molecule has 0 saturated carbocycles. The molecule has 1 aromatic heterocycles. The number of aromatic nitrogens is 1. The normalized spacial score (nSPS) is 15.8. The SMILES string of the molecule is CNC1CCN(C(=O)Cc2csc(-c3cccc(C)c3)n2)CC1. The number of nitrogens with one attached hydrogen (secondary N) is 1. The van der Waals surface area contributed by atoms with E-state index < -0.39 is 0 Å². The first-order valence-electron chi connectivity index (χ1n) is 8.12. The molecule has 0 aliphatic carbocycles. The zero-order valence-corrected chi connectivity index (χ0v) is 14.5. The summed E-state index contributed by atoms with van der Waals surface area (Å²) < 4.78 is 0. The Morgan fingerprint density at radius 2 is 2.17 bits per heavy atom. The third-order valence-corrected chi connectivity index (χ3v) is 5.35. The van der Waals surface area contributed by atoms with Gasteiger partial charge in [-0.05, 0) is 32.9 Å². The van der Waals surface area contributed by atoms with Gasteiger partial charge in [-0.2, -0.15) is 0 Å². The Labute approximate surface area is 141 Å². The highest BCUT2D eigenvalue weighted by Gasteiger charge is 2.22. The second kappa shape index (κ2) is 7.23. The maximum Gasteiger partial charge on any atom is 0.228 e. The quantitative estimate of drug-likeness (QED) is 0.938. The lowest BCUT2D eigenvalue weighted by Gasteiger charge is -2.31. The van der Waals surface area contributed by atoms with E-state index in [9.17, 15) is 4.79 Å². The van der Waals surface area contributed by atoms with Crippen molar-refractivity contribution in [2.45, 2.75) is 32.2 Å².